The molecule has 0 saturated heterocycles. The Labute approximate surface area is 93.1 Å². The molecule has 0 spiro atoms. The van der Waals surface area contributed by atoms with Crippen LogP contribution in [-0.4, -0.2) is 34.8 Å². The molecule has 0 saturated carbocycles. The second kappa shape index (κ2) is 4.26. The summed E-state index contributed by atoms with van der Waals surface area (Å²) in [6.45, 7) is 3.26. The second-order valence-corrected chi connectivity index (χ2v) is 3.71. The number of amides is 1. The van der Waals surface area contributed by atoms with Crippen molar-refractivity contribution in [1.82, 2.24) is 9.88 Å². The number of aromatic nitrogens is 1. The molecule has 0 radical (unpaired) electrons. The van der Waals surface area contributed by atoms with Gasteiger partial charge in [0.2, 0.25) is 0 Å². The molecule has 0 aliphatic heterocycles. The van der Waals surface area contributed by atoms with Crippen LogP contribution in [0.2, 0.25) is 0 Å². The number of nitrogens with zero attached hydrogens (tertiary/aromatic N) is 3. The standard InChI is InChI=1S/C10H13N3O3/c1-6-5-8(13(15)16)11-7(2)9(6)10(14)12(3)4/h5H,1-4H3. The number of aryl methyl sites for hydroxylation is 2. The monoisotopic (exact) mass is 223 g/mol. The van der Waals surface area contributed by atoms with Crippen LogP contribution >= 0.6 is 0 Å². The summed E-state index contributed by atoms with van der Waals surface area (Å²) in [4.78, 5) is 27.0. The number of carbonyl (C=O) groups excluding carboxylic acids is 1. The molecular formula is C10H13N3O3. The maximum absolute atomic E-state index is 11.8. The van der Waals surface area contributed by atoms with E-state index in [4.69, 9.17) is 0 Å². The van der Waals surface area contributed by atoms with E-state index in [-0.39, 0.29) is 11.7 Å². The van der Waals surface area contributed by atoms with Crippen molar-refractivity contribution >= 4 is 11.7 Å². The van der Waals surface area contributed by atoms with Crippen LogP contribution < -0.4 is 0 Å². The molecule has 0 aliphatic carbocycles. The van der Waals surface area contributed by atoms with Crippen LogP contribution in [0.3, 0.4) is 0 Å². The summed E-state index contributed by atoms with van der Waals surface area (Å²) >= 11 is 0. The minimum atomic E-state index is -0.566. The smallest absolute Gasteiger partial charge is 0.358 e. The van der Waals surface area contributed by atoms with E-state index in [9.17, 15) is 14.9 Å². The lowest BCUT2D eigenvalue weighted by atomic mass is 10.1. The number of hydrogen-bond acceptors (Lipinski definition) is 4. The highest BCUT2D eigenvalue weighted by Gasteiger charge is 2.21. The van der Waals surface area contributed by atoms with Crippen molar-refractivity contribution in [2.45, 2.75) is 13.8 Å². The highest BCUT2D eigenvalue weighted by molar-refractivity contribution is 5.96. The Morgan fingerprint density at radius 3 is 2.38 bits per heavy atom. The average molecular weight is 223 g/mol. The van der Waals surface area contributed by atoms with Gasteiger partial charge in [0.25, 0.3) is 5.91 Å². The number of rotatable bonds is 2. The Kier molecular flexibility index (Phi) is 3.22. The SMILES string of the molecule is Cc1cc([N+](=O)[O-])nc(C)c1C(=O)N(C)C. The summed E-state index contributed by atoms with van der Waals surface area (Å²) in [5, 5.41) is 10.6. The van der Waals surface area contributed by atoms with Crippen molar-refractivity contribution < 1.29 is 9.72 Å². The van der Waals surface area contributed by atoms with Gasteiger partial charge < -0.3 is 15.0 Å². The first kappa shape index (κ1) is 12.1. The van der Waals surface area contributed by atoms with Crippen LogP contribution in [0.4, 0.5) is 5.82 Å². The number of nitro groups is 1. The van der Waals surface area contributed by atoms with E-state index in [0.29, 0.717) is 16.8 Å². The number of hydrogen-bond donors (Lipinski definition) is 0. The summed E-state index contributed by atoms with van der Waals surface area (Å²) in [5.41, 5.74) is 1.37. The molecule has 0 unspecified atom stereocenters. The van der Waals surface area contributed by atoms with E-state index in [1.54, 1.807) is 27.9 Å². The van der Waals surface area contributed by atoms with Gasteiger partial charge in [-0.05, 0) is 22.4 Å². The molecule has 6 nitrogen and oxygen atoms in total. The van der Waals surface area contributed by atoms with Crippen molar-refractivity contribution in [3.63, 3.8) is 0 Å². The van der Waals surface area contributed by atoms with Gasteiger partial charge in [0, 0.05) is 27.1 Å². The summed E-state index contributed by atoms with van der Waals surface area (Å²) in [6, 6.07) is 1.31. The molecule has 0 bridgehead atoms. The van der Waals surface area contributed by atoms with E-state index in [2.05, 4.69) is 4.98 Å². The first-order chi connectivity index (χ1) is 7.34. The number of carbonyl (C=O) groups is 1. The van der Waals surface area contributed by atoms with Gasteiger partial charge in [0.05, 0.1) is 5.56 Å². The van der Waals surface area contributed by atoms with Gasteiger partial charge in [0.1, 0.15) is 0 Å². The van der Waals surface area contributed by atoms with Crippen LogP contribution in [0.25, 0.3) is 0 Å². The number of pyridine rings is 1. The van der Waals surface area contributed by atoms with Crippen LogP contribution in [0.15, 0.2) is 6.07 Å². The lowest BCUT2D eigenvalue weighted by molar-refractivity contribution is -0.389. The molecule has 6 heteroatoms. The van der Waals surface area contributed by atoms with Gasteiger partial charge in [-0.1, -0.05) is 0 Å². The van der Waals surface area contributed by atoms with E-state index in [0.717, 1.165) is 0 Å². The topological polar surface area (TPSA) is 76.3 Å². The Morgan fingerprint density at radius 1 is 1.44 bits per heavy atom. The fourth-order valence-corrected chi connectivity index (χ4v) is 1.45. The zero-order chi connectivity index (χ0) is 12.5. The third-order valence-corrected chi connectivity index (χ3v) is 2.19. The van der Waals surface area contributed by atoms with E-state index in [1.165, 1.54) is 11.0 Å². The molecular weight excluding hydrogens is 210 g/mol. The van der Waals surface area contributed by atoms with Gasteiger partial charge in [-0.25, -0.2) is 0 Å². The molecule has 1 aromatic rings. The fraction of sp³-hybridized carbons (Fsp3) is 0.400. The zero-order valence-electron chi connectivity index (χ0n) is 9.64. The minimum Gasteiger partial charge on any atom is -0.358 e. The van der Waals surface area contributed by atoms with Crippen molar-refractivity contribution in [2.75, 3.05) is 14.1 Å². The maximum atomic E-state index is 11.8. The summed E-state index contributed by atoms with van der Waals surface area (Å²) in [7, 11) is 3.26. The molecule has 86 valence electrons. The summed E-state index contributed by atoms with van der Waals surface area (Å²) in [6.07, 6.45) is 0. The van der Waals surface area contributed by atoms with E-state index < -0.39 is 4.92 Å². The van der Waals surface area contributed by atoms with Crippen molar-refractivity contribution in [3.05, 3.63) is 33.0 Å². The van der Waals surface area contributed by atoms with Crippen LogP contribution in [0.1, 0.15) is 21.6 Å². The van der Waals surface area contributed by atoms with Crippen LogP contribution in [-0.2, 0) is 0 Å². The van der Waals surface area contributed by atoms with Crippen LogP contribution in [0, 0.1) is 24.0 Å². The molecule has 1 heterocycles. The minimum absolute atomic E-state index is 0.197. The third kappa shape index (κ3) is 2.16. The Balaban J connectivity index is 3.33. The Bertz CT molecular complexity index is 432. The predicted octanol–water partition coefficient (Wildman–Crippen LogP) is 1.31. The Hall–Kier alpha value is -1.98. The van der Waals surface area contributed by atoms with E-state index >= 15 is 0 Å². The van der Waals surface area contributed by atoms with Gasteiger partial charge in [-0.15, -0.1) is 0 Å². The van der Waals surface area contributed by atoms with Crippen molar-refractivity contribution in [1.29, 1.82) is 0 Å². The molecule has 0 atom stereocenters. The predicted molar refractivity (Wildman–Crippen MR) is 58.4 cm³/mol. The van der Waals surface area contributed by atoms with Gasteiger partial charge in [-0.3, -0.25) is 4.79 Å². The van der Waals surface area contributed by atoms with Crippen molar-refractivity contribution in [3.8, 4) is 0 Å². The zero-order valence-corrected chi connectivity index (χ0v) is 9.64. The fourth-order valence-electron chi connectivity index (χ4n) is 1.45. The van der Waals surface area contributed by atoms with Gasteiger partial charge >= 0.3 is 5.82 Å². The molecule has 1 rings (SSSR count). The lowest BCUT2D eigenvalue weighted by Gasteiger charge is -2.12. The molecule has 1 aromatic heterocycles. The second-order valence-electron chi connectivity index (χ2n) is 3.71. The highest BCUT2D eigenvalue weighted by Crippen LogP contribution is 2.18. The molecule has 0 N–H and O–H groups in total. The molecule has 0 aromatic carbocycles. The Morgan fingerprint density at radius 2 is 2.00 bits per heavy atom. The first-order valence-electron chi connectivity index (χ1n) is 4.69. The van der Waals surface area contributed by atoms with Gasteiger partial charge in [0.15, 0.2) is 5.69 Å². The quantitative estimate of drug-likeness (QED) is 0.559. The van der Waals surface area contributed by atoms with Crippen LogP contribution in [0.5, 0.6) is 0 Å². The lowest BCUT2D eigenvalue weighted by Crippen LogP contribution is -2.24. The average Bonchev–Trinajstić information content (AvgIpc) is 2.15. The largest absolute Gasteiger partial charge is 0.363 e. The molecule has 0 aliphatic rings. The molecule has 0 fully saturated rings. The third-order valence-electron chi connectivity index (χ3n) is 2.19. The summed E-state index contributed by atoms with van der Waals surface area (Å²) < 4.78 is 0. The first-order valence-corrected chi connectivity index (χ1v) is 4.69. The highest BCUT2D eigenvalue weighted by atomic mass is 16.6. The van der Waals surface area contributed by atoms with E-state index in [1.807, 2.05) is 0 Å². The molecule has 16 heavy (non-hydrogen) atoms. The van der Waals surface area contributed by atoms with Gasteiger partial charge in [-0.2, -0.15) is 0 Å². The summed E-state index contributed by atoms with van der Waals surface area (Å²) in [5.74, 6) is -0.428. The van der Waals surface area contributed by atoms with Crippen molar-refractivity contribution in [2.24, 2.45) is 0 Å². The maximum Gasteiger partial charge on any atom is 0.363 e. The molecule has 1 amide bonds. The normalized spacial score (nSPS) is 10.0.